The quantitative estimate of drug-likeness (QED) is 0.392. The van der Waals surface area contributed by atoms with E-state index in [1.54, 1.807) is 6.07 Å². The van der Waals surface area contributed by atoms with Gasteiger partial charge in [0, 0.05) is 21.6 Å². The normalized spacial score (nSPS) is 11.2. The summed E-state index contributed by atoms with van der Waals surface area (Å²) in [6.07, 6.45) is 1.53. The van der Waals surface area contributed by atoms with Crippen LogP contribution in [0.4, 0.5) is 5.69 Å². The van der Waals surface area contributed by atoms with Crippen molar-refractivity contribution < 1.29 is 4.79 Å². The minimum absolute atomic E-state index is 0.113. The Morgan fingerprint density at radius 1 is 1.23 bits per heavy atom. The number of carbonyl (C=O) groups is 1. The van der Waals surface area contributed by atoms with Gasteiger partial charge in [-0.1, -0.05) is 47.6 Å². The minimum Gasteiger partial charge on any atom is -0.351 e. The molecule has 0 saturated heterocycles. The highest BCUT2D eigenvalue weighted by Crippen LogP contribution is 2.29. The van der Waals surface area contributed by atoms with Gasteiger partial charge in [-0.25, -0.2) is 9.97 Å². The van der Waals surface area contributed by atoms with E-state index in [1.165, 1.54) is 18.1 Å². The molecule has 0 saturated carbocycles. The smallest absolute Gasteiger partial charge is 0.234 e. The molecule has 130 valence electrons. The highest BCUT2D eigenvalue weighted by Gasteiger charge is 2.12. The Morgan fingerprint density at radius 3 is 2.92 bits per heavy atom. The fraction of sp³-hybridized carbons (Fsp3) is 0.105. The van der Waals surface area contributed by atoms with Crippen molar-refractivity contribution in [3.05, 3.63) is 59.4 Å². The van der Waals surface area contributed by atoms with Gasteiger partial charge in [-0.05, 0) is 30.7 Å². The van der Waals surface area contributed by atoms with Gasteiger partial charge in [0.15, 0.2) is 0 Å². The van der Waals surface area contributed by atoms with E-state index in [4.69, 9.17) is 11.6 Å². The first-order chi connectivity index (χ1) is 12.6. The van der Waals surface area contributed by atoms with Crippen LogP contribution in [0.2, 0.25) is 5.02 Å². The van der Waals surface area contributed by atoms with Crippen molar-refractivity contribution in [2.45, 2.75) is 11.9 Å². The molecule has 5 nitrogen and oxygen atoms in total. The van der Waals surface area contributed by atoms with Crippen LogP contribution in [0.15, 0.2) is 53.8 Å². The van der Waals surface area contributed by atoms with Crippen LogP contribution in [-0.2, 0) is 4.79 Å². The van der Waals surface area contributed by atoms with E-state index in [2.05, 4.69) is 20.3 Å². The number of aryl methyl sites for hydroxylation is 1. The Hall–Kier alpha value is -2.57. The second kappa shape index (κ2) is 6.97. The fourth-order valence-corrected chi connectivity index (χ4v) is 3.66. The van der Waals surface area contributed by atoms with E-state index in [1.807, 2.05) is 43.3 Å². The molecule has 2 heterocycles. The third kappa shape index (κ3) is 3.25. The lowest BCUT2D eigenvalue weighted by molar-refractivity contribution is -0.113. The summed E-state index contributed by atoms with van der Waals surface area (Å²) in [4.78, 5) is 24.3. The number of halogens is 1. The monoisotopic (exact) mass is 382 g/mol. The van der Waals surface area contributed by atoms with Crippen LogP contribution < -0.4 is 5.32 Å². The average Bonchev–Trinajstić information content (AvgIpc) is 3.02. The third-order valence-corrected chi connectivity index (χ3v) is 5.45. The molecule has 0 aliphatic heterocycles. The Labute approximate surface area is 159 Å². The number of fused-ring (bicyclic) bond motifs is 3. The van der Waals surface area contributed by atoms with Crippen LogP contribution in [0.1, 0.15) is 5.56 Å². The van der Waals surface area contributed by atoms with Crippen LogP contribution in [0, 0.1) is 6.92 Å². The largest absolute Gasteiger partial charge is 0.351 e. The van der Waals surface area contributed by atoms with Gasteiger partial charge in [-0.2, -0.15) is 0 Å². The Balaban J connectivity index is 1.52. The molecule has 0 aliphatic rings. The molecule has 0 unspecified atom stereocenters. The van der Waals surface area contributed by atoms with Crippen molar-refractivity contribution in [3.8, 4) is 0 Å². The van der Waals surface area contributed by atoms with Crippen molar-refractivity contribution in [2.24, 2.45) is 0 Å². The molecule has 0 radical (unpaired) electrons. The van der Waals surface area contributed by atoms with Gasteiger partial charge in [0.2, 0.25) is 5.91 Å². The van der Waals surface area contributed by atoms with E-state index in [9.17, 15) is 4.79 Å². The molecule has 0 bridgehead atoms. The van der Waals surface area contributed by atoms with Crippen LogP contribution in [-0.4, -0.2) is 26.6 Å². The van der Waals surface area contributed by atoms with E-state index >= 15 is 0 Å². The number of nitrogens with zero attached hydrogens (tertiary/aromatic N) is 2. The lowest BCUT2D eigenvalue weighted by Gasteiger charge is -2.07. The van der Waals surface area contributed by atoms with E-state index in [0.29, 0.717) is 10.7 Å². The van der Waals surface area contributed by atoms with E-state index in [0.717, 1.165) is 32.5 Å². The van der Waals surface area contributed by atoms with Gasteiger partial charge in [0.05, 0.1) is 11.3 Å². The summed E-state index contributed by atoms with van der Waals surface area (Å²) in [6.45, 7) is 1.92. The first-order valence-electron chi connectivity index (χ1n) is 8.02. The average molecular weight is 383 g/mol. The number of amides is 1. The summed E-state index contributed by atoms with van der Waals surface area (Å²) >= 11 is 7.47. The summed E-state index contributed by atoms with van der Waals surface area (Å²) in [5, 5.41) is 5.29. The summed E-state index contributed by atoms with van der Waals surface area (Å²) in [6, 6.07) is 13.4. The molecule has 4 rings (SSSR count). The maximum Gasteiger partial charge on any atom is 0.234 e. The Bertz CT molecular complexity index is 1130. The molecular formula is C19H15ClN4OS. The maximum atomic E-state index is 12.3. The third-order valence-electron chi connectivity index (χ3n) is 4.05. The van der Waals surface area contributed by atoms with Gasteiger partial charge < -0.3 is 10.3 Å². The molecule has 0 spiro atoms. The lowest BCUT2D eigenvalue weighted by atomic mass is 10.2. The molecule has 2 aromatic carbocycles. The van der Waals surface area contributed by atoms with Crippen molar-refractivity contribution in [1.29, 1.82) is 0 Å². The molecule has 0 fully saturated rings. The SMILES string of the molecule is Cc1ccc(NC(=O)CSc2ncnc3c2[nH]c2ccccc23)cc1Cl. The zero-order chi connectivity index (χ0) is 18.1. The van der Waals surface area contributed by atoms with Crippen LogP contribution in [0.5, 0.6) is 0 Å². The predicted molar refractivity (Wildman–Crippen MR) is 107 cm³/mol. The number of para-hydroxylation sites is 1. The zero-order valence-electron chi connectivity index (χ0n) is 13.9. The summed E-state index contributed by atoms with van der Waals surface area (Å²) in [5.74, 6) is 0.130. The van der Waals surface area contributed by atoms with Crippen LogP contribution >= 0.6 is 23.4 Å². The molecule has 0 aliphatic carbocycles. The molecule has 7 heteroatoms. The molecular weight excluding hydrogens is 368 g/mol. The van der Waals surface area contributed by atoms with Gasteiger partial charge in [0.25, 0.3) is 0 Å². The highest BCUT2D eigenvalue weighted by molar-refractivity contribution is 8.00. The Kier molecular flexibility index (Phi) is 4.53. The van der Waals surface area contributed by atoms with Gasteiger partial charge in [0.1, 0.15) is 16.9 Å². The number of aromatic nitrogens is 3. The number of anilines is 1. The number of hydrogen-bond acceptors (Lipinski definition) is 4. The maximum absolute atomic E-state index is 12.3. The summed E-state index contributed by atoms with van der Waals surface area (Å²) in [5.41, 5.74) is 4.38. The number of hydrogen-bond donors (Lipinski definition) is 2. The first-order valence-corrected chi connectivity index (χ1v) is 9.38. The van der Waals surface area contributed by atoms with Gasteiger partial charge in [-0.3, -0.25) is 4.79 Å². The summed E-state index contributed by atoms with van der Waals surface area (Å²) in [7, 11) is 0. The molecule has 2 N–H and O–H groups in total. The van der Waals surface area contributed by atoms with E-state index in [-0.39, 0.29) is 11.7 Å². The number of nitrogens with one attached hydrogen (secondary N) is 2. The number of benzene rings is 2. The van der Waals surface area contributed by atoms with Gasteiger partial charge in [-0.15, -0.1) is 0 Å². The predicted octanol–water partition coefficient (Wildman–Crippen LogP) is 4.80. The zero-order valence-corrected chi connectivity index (χ0v) is 15.5. The number of rotatable bonds is 4. The van der Waals surface area contributed by atoms with Crippen LogP contribution in [0.25, 0.3) is 21.9 Å². The second-order valence-corrected chi connectivity index (χ2v) is 7.25. The topological polar surface area (TPSA) is 70.7 Å². The molecule has 0 atom stereocenters. The number of aromatic amines is 1. The number of H-pyrrole nitrogens is 1. The minimum atomic E-state index is -0.113. The van der Waals surface area contributed by atoms with E-state index < -0.39 is 0 Å². The van der Waals surface area contributed by atoms with Crippen molar-refractivity contribution in [2.75, 3.05) is 11.1 Å². The standard InChI is InChI=1S/C19H15ClN4OS/c1-11-6-7-12(8-14(11)20)23-16(25)9-26-19-18-17(21-10-22-19)13-4-2-3-5-15(13)24-18/h2-8,10,24H,9H2,1H3,(H,23,25). The number of thioether (sulfide) groups is 1. The van der Waals surface area contributed by atoms with Gasteiger partial charge >= 0.3 is 0 Å². The first kappa shape index (κ1) is 16.9. The molecule has 26 heavy (non-hydrogen) atoms. The Morgan fingerprint density at radius 2 is 2.08 bits per heavy atom. The van der Waals surface area contributed by atoms with Crippen LogP contribution in [0.3, 0.4) is 0 Å². The van der Waals surface area contributed by atoms with Crippen molar-refractivity contribution >= 4 is 56.9 Å². The number of carbonyl (C=O) groups excluding carboxylic acids is 1. The molecule has 1 amide bonds. The van der Waals surface area contributed by atoms with Crippen molar-refractivity contribution in [1.82, 2.24) is 15.0 Å². The highest BCUT2D eigenvalue weighted by atomic mass is 35.5. The van der Waals surface area contributed by atoms with Crippen molar-refractivity contribution in [3.63, 3.8) is 0 Å². The summed E-state index contributed by atoms with van der Waals surface area (Å²) < 4.78 is 0. The second-order valence-electron chi connectivity index (χ2n) is 5.87. The molecule has 4 aromatic rings. The lowest BCUT2D eigenvalue weighted by Crippen LogP contribution is -2.14. The fourth-order valence-electron chi connectivity index (χ4n) is 2.73. The molecule has 2 aromatic heterocycles.